The zero-order valence-corrected chi connectivity index (χ0v) is 7.32. The second-order valence-corrected chi connectivity index (χ2v) is 4.11. The lowest BCUT2D eigenvalue weighted by atomic mass is 10.4. The third-order valence-corrected chi connectivity index (χ3v) is 2.50. The molecule has 0 aliphatic carbocycles. The Balaban J connectivity index is 2.74. The lowest BCUT2D eigenvalue weighted by Gasteiger charge is -1.97. The average molecular weight is 226 g/mol. The van der Waals surface area contributed by atoms with Gasteiger partial charge in [0.2, 0.25) is 0 Å². The molecule has 0 amide bonds. The van der Waals surface area contributed by atoms with E-state index in [0.717, 1.165) is 3.79 Å². The first kappa shape index (κ1) is 8.10. The van der Waals surface area contributed by atoms with Gasteiger partial charge < -0.3 is 5.11 Å². The fourth-order valence-corrected chi connectivity index (χ4v) is 1.70. The number of hydrogen-bond acceptors (Lipinski definition) is 3. The number of aliphatic hydroxyl groups is 1. The van der Waals surface area contributed by atoms with E-state index in [1.165, 1.54) is 11.3 Å². The third-order valence-electron chi connectivity index (χ3n) is 0.927. The van der Waals surface area contributed by atoms with E-state index in [-0.39, 0.29) is 0 Å². The summed E-state index contributed by atoms with van der Waals surface area (Å²) >= 11 is 4.39. The molecular formula is C5H5BrFNOS. The van der Waals surface area contributed by atoms with Crippen molar-refractivity contribution in [3.8, 4) is 0 Å². The number of aromatic nitrogens is 1. The Morgan fingerprint density at radius 3 is 3.00 bits per heavy atom. The van der Waals surface area contributed by atoms with Crippen LogP contribution in [0.5, 0.6) is 0 Å². The molecule has 2 nitrogen and oxygen atoms in total. The predicted molar refractivity (Wildman–Crippen MR) is 40.7 cm³/mol. The fourth-order valence-electron chi connectivity index (χ4n) is 0.487. The minimum atomic E-state index is -1.06. The number of alkyl halides is 1. The van der Waals surface area contributed by atoms with E-state index < -0.39 is 12.8 Å². The first-order chi connectivity index (χ1) is 4.74. The van der Waals surface area contributed by atoms with Gasteiger partial charge in [-0.05, 0) is 15.9 Å². The first-order valence-electron chi connectivity index (χ1n) is 2.59. The number of aliphatic hydroxyl groups excluding tert-OH is 1. The number of rotatable bonds is 2. The van der Waals surface area contributed by atoms with Crippen molar-refractivity contribution in [2.45, 2.75) is 6.10 Å². The van der Waals surface area contributed by atoms with Crippen LogP contribution in [-0.4, -0.2) is 16.8 Å². The van der Waals surface area contributed by atoms with Gasteiger partial charge in [0.25, 0.3) is 0 Å². The first-order valence-corrected chi connectivity index (χ1v) is 4.20. The van der Waals surface area contributed by atoms with Crippen LogP contribution >= 0.6 is 27.3 Å². The number of nitrogens with zero attached hydrogens (tertiary/aromatic N) is 1. The third kappa shape index (κ3) is 1.74. The van der Waals surface area contributed by atoms with Crippen molar-refractivity contribution in [3.05, 3.63) is 15.0 Å². The summed E-state index contributed by atoms with van der Waals surface area (Å²) in [6.07, 6.45) is 0.482. The van der Waals surface area contributed by atoms with Crippen LogP contribution in [0.1, 0.15) is 11.1 Å². The van der Waals surface area contributed by atoms with Crippen molar-refractivity contribution in [2.75, 3.05) is 6.67 Å². The second kappa shape index (κ2) is 3.41. The zero-order valence-electron chi connectivity index (χ0n) is 4.92. The van der Waals surface area contributed by atoms with E-state index in [0.29, 0.717) is 5.01 Å². The van der Waals surface area contributed by atoms with E-state index >= 15 is 0 Å². The summed E-state index contributed by atoms with van der Waals surface area (Å²) in [4.78, 5) is 3.77. The molecule has 0 saturated carbocycles. The number of halogens is 2. The molecule has 10 heavy (non-hydrogen) atoms. The Hall–Kier alpha value is -0.0000000000000000833. The Kier molecular flexibility index (Phi) is 2.76. The molecule has 1 rings (SSSR count). The van der Waals surface area contributed by atoms with E-state index in [2.05, 4.69) is 20.9 Å². The van der Waals surface area contributed by atoms with Gasteiger partial charge in [0, 0.05) is 0 Å². The maximum Gasteiger partial charge on any atom is 0.134 e. The van der Waals surface area contributed by atoms with Gasteiger partial charge in [-0.3, -0.25) is 0 Å². The topological polar surface area (TPSA) is 33.1 Å². The summed E-state index contributed by atoms with van der Waals surface area (Å²) in [5.74, 6) is 0. The summed E-state index contributed by atoms with van der Waals surface area (Å²) in [5, 5.41) is 9.31. The molecular weight excluding hydrogens is 221 g/mol. The van der Waals surface area contributed by atoms with Gasteiger partial charge in [-0.2, -0.15) is 0 Å². The van der Waals surface area contributed by atoms with Crippen LogP contribution in [0.2, 0.25) is 0 Å². The normalized spacial score (nSPS) is 13.5. The molecule has 56 valence electrons. The van der Waals surface area contributed by atoms with Gasteiger partial charge in [-0.25, -0.2) is 9.37 Å². The van der Waals surface area contributed by atoms with Crippen molar-refractivity contribution >= 4 is 27.3 Å². The smallest absolute Gasteiger partial charge is 0.134 e. The Morgan fingerprint density at radius 2 is 2.60 bits per heavy atom. The van der Waals surface area contributed by atoms with Gasteiger partial charge in [-0.15, -0.1) is 11.3 Å². The molecule has 1 aromatic heterocycles. The summed E-state index contributed by atoms with van der Waals surface area (Å²) in [6, 6.07) is 0. The standard InChI is InChI=1S/C5H5BrFNOS/c6-4-2-8-5(10-4)3(9)1-7/h2-3,9H,1H2. The highest BCUT2D eigenvalue weighted by Gasteiger charge is 2.10. The molecule has 1 aromatic rings. The molecule has 1 unspecified atom stereocenters. The molecule has 0 aromatic carbocycles. The fraction of sp³-hybridized carbons (Fsp3) is 0.400. The molecule has 1 N–H and O–H groups in total. The van der Waals surface area contributed by atoms with Crippen LogP contribution in [0.25, 0.3) is 0 Å². The maximum absolute atomic E-state index is 11.8. The van der Waals surface area contributed by atoms with E-state index in [1.54, 1.807) is 6.20 Å². The molecule has 0 radical (unpaired) electrons. The molecule has 0 fully saturated rings. The van der Waals surface area contributed by atoms with Gasteiger partial charge in [0.1, 0.15) is 17.8 Å². The molecule has 1 heterocycles. The highest BCUT2D eigenvalue weighted by atomic mass is 79.9. The average Bonchev–Trinajstić information content (AvgIpc) is 2.34. The van der Waals surface area contributed by atoms with Crippen LogP contribution in [0, 0.1) is 0 Å². The summed E-state index contributed by atoms with van der Waals surface area (Å²) < 4.78 is 12.6. The van der Waals surface area contributed by atoms with E-state index in [4.69, 9.17) is 5.11 Å². The van der Waals surface area contributed by atoms with Crippen molar-refractivity contribution in [2.24, 2.45) is 0 Å². The van der Waals surface area contributed by atoms with Gasteiger partial charge in [0.15, 0.2) is 0 Å². The molecule has 0 bridgehead atoms. The summed E-state index contributed by atoms with van der Waals surface area (Å²) in [6.45, 7) is -0.778. The van der Waals surface area contributed by atoms with Crippen LogP contribution in [-0.2, 0) is 0 Å². The molecule has 0 aliphatic heterocycles. The van der Waals surface area contributed by atoms with E-state index in [9.17, 15) is 4.39 Å². The van der Waals surface area contributed by atoms with Crippen LogP contribution in [0.4, 0.5) is 4.39 Å². The van der Waals surface area contributed by atoms with Crippen LogP contribution in [0.15, 0.2) is 9.98 Å². The minimum Gasteiger partial charge on any atom is -0.383 e. The largest absolute Gasteiger partial charge is 0.383 e. The summed E-state index contributed by atoms with van der Waals surface area (Å²) in [5.41, 5.74) is 0. The van der Waals surface area contributed by atoms with Crippen molar-refractivity contribution in [1.82, 2.24) is 4.98 Å². The van der Waals surface area contributed by atoms with Crippen molar-refractivity contribution in [3.63, 3.8) is 0 Å². The van der Waals surface area contributed by atoms with Gasteiger partial charge >= 0.3 is 0 Å². The molecule has 5 heteroatoms. The minimum absolute atomic E-state index is 0.411. The Morgan fingerprint density at radius 1 is 1.90 bits per heavy atom. The van der Waals surface area contributed by atoms with Gasteiger partial charge in [0.05, 0.1) is 9.98 Å². The molecule has 0 saturated heterocycles. The highest BCUT2D eigenvalue weighted by molar-refractivity contribution is 9.11. The van der Waals surface area contributed by atoms with Crippen LogP contribution < -0.4 is 0 Å². The monoisotopic (exact) mass is 225 g/mol. The SMILES string of the molecule is OC(CF)c1ncc(Br)s1. The maximum atomic E-state index is 11.8. The lowest BCUT2D eigenvalue weighted by Crippen LogP contribution is -1.97. The second-order valence-electron chi connectivity index (χ2n) is 1.67. The lowest BCUT2D eigenvalue weighted by molar-refractivity contribution is 0.141. The Bertz CT molecular complexity index is 217. The molecule has 0 aliphatic rings. The molecule has 0 spiro atoms. The summed E-state index contributed by atoms with van der Waals surface area (Å²) in [7, 11) is 0. The van der Waals surface area contributed by atoms with Gasteiger partial charge in [-0.1, -0.05) is 0 Å². The van der Waals surface area contributed by atoms with Crippen LogP contribution in [0.3, 0.4) is 0 Å². The quantitative estimate of drug-likeness (QED) is 0.835. The van der Waals surface area contributed by atoms with E-state index in [1.807, 2.05) is 0 Å². The zero-order chi connectivity index (χ0) is 7.56. The number of thiazole rings is 1. The van der Waals surface area contributed by atoms with Crippen molar-refractivity contribution in [1.29, 1.82) is 0 Å². The molecule has 1 atom stereocenters. The number of hydrogen-bond donors (Lipinski definition) is 1. The Labute approximate surface area is 69.8 Å². The predicted octanol–water partition coefficient (Wildman–Crippen LogP) is 1.91. The highest BCUT2D eigenvalue weighted by Crippen LogP contribution is 2.24. The van der Waals surface area contributed by atoms with Crippen molar-refractivity contribution < 1.29 is 9.50 Å².